The molecule has 2 N–H and O–H groups in total. The van der Waals surface area contributed by atoms with Gasteiger partial charge in [0, 0.05) is 23.8 Å². The molecule has 5 nitrogen and oxygen atoms in total. The zero-order chi connectivity index (χ0) is 16.4. The predicted octanol–water partition coefficient (Wildman–Crippen LogP) is 3.94. The number of carbonyl (C=O) groups is 1. The summed E-state index contributed by atoms with van der Waals surface area (Å²) in [5, 5.41) is 8.34. The van der Waals surface area contributed by atoms with Crippen LogP contribution in [0.4, 0.5) is 4.79 Å². The molecule has 0 aliphatic heterocycles. The van der Waals surface area contributed by atoms with Gasteiger partial charge in [0.15, 0.2) is 4.96 Å². The van der Waals surface area contributed by atoms with E-state index in [9.17, 15) is 4.79 Å². The van der Waals surface area contributed by atoms with Gasteiger partial charge in [0.1, 0.15) is 0 Å². The van der Waals surface area contributed by atoms with Crippen molar-refractivity contribution in [2.45, 2.75) is 64.0 Å². The normalized spacial score (nSPS) is 19.5. The van der Waals surface area contributed by atoms with Gasteiger partial charge in [-0.3, -0.25) is 4.40 Å². The highest BCUT2D eigenvalue weighted by Gasteiger charge is 2.34. The lowest BCUT2D eigenvalue weighted by Crippen LogP contribution is -2.48. The summed E-state index contributed by atoms with van der Waals surface area (Å²) in [4.78, 5) is 17.9. The molecule has 0 bridgehead atoms. The summed E-state index contributed by atoms with van der Waals surface area (Å²) in [7, 11) is 0. The summed E-state index contributed by atoms with van der Waals surface area (Å²) >= 11 is 1.61. The number of amides is 2. The molecule has 0 spiro atoms. The number of imidazole rings is 1. The van der Waals surface area contributed by atoms with Gasteiger partial charge in [0.05, 0.1) is 12.2 Å². The molecule has 2 heterocycles. The SMILES string of the molecule is O=C(NCc1cn2ccsc2n1)NC(C1CCCC1)C1CCCC1. The second-order valence-electron chi connectivity index (χ2n) is 7.27. The number of thiazole rings is 1. The van der Waals surface area contributed by atoms with E-state index in [-0.39, 0.29) is 6.03 Å². The van der Waals surface area contributed by atoms with Crippen molar-refractivity contribution < 1.29 is 4.79 Å². The second-order valence-corrected chi connectivity index (χ2v) is 8.14. The largest absolute Gasteiger partial charge is 0.335 e. The first-order valence-electron chi connectivity index (χ1n) is 9.25. The molecule has 24 heavy (non-hydrogen) atoms. The molecule has 0 aromatic carbocycles. The quantitative estimate of drug-likeness (QED) is 0.861. The van der Waals surface area contributed by atoms with Crippen molar-refractivity contribution in [3.63, 3.8) is 0 Å². The van der Waals surface area contributed by atoms with Crippen LogP contribution < -0.4 is 10.6 Å². The Hall–Kier alpha value is -1.56. The summed E-state index contributed by atoms with van der Waals surface area (Å²) in [6.07, 6.45) is 14.4. The van der Waals surface area contributed by atoms with Gasteiger partial charge < -0.3 is 10.6 Å². The van der Waals surface area contributed by atoms with Crippen LogP contribution in [0, 0.1) is 11.8 Å². The lowest BCUT2D eigenvalue weighted by Gasteiger charge is -2.30. The van der Waals surface area contributed by atoms with Crippen LogP contribution in [0.2, 0.25) is 0 Å². The Balaban J connectivity index is 1.34. The molecule has 2 aromatic rings. The fraction of sp³-hybridized carbons (Fsp3) is 0.667. The van der Waals surface area contributed by atoms with Gasteiger partial charge >= 0.3 is 6.03 Å². The fourth-order valence-corrected chi connectivity index (χ4v) is 5.21. The number of fused-ring (bicyclic) bond motifs is 1. The highest BCUT2D eigenvalue weighted by Crippen LogP contribution is 2.37. The number of nitrogens with zero attached hydrogens (tertiary/aromatic N) is 2. The Morgan fingerprint density at radius 1 is 1.21 bits per heavy atom. The van der Waals surface area contributed by atoms with Crippen molar-refractivity contribution >= 4 is 22.3 Å². The average molecular weight is 347 g/mol. The number of nitrogens with one attached hydrogen (secondary N) is 2. The molecular weight excluding hydrogens is 320 g/mol. The average Bonchev–Trinajstić information content (AvgIpc) is 3.35. The van der Waals surface area contributed by atoms with Crippen LogP contribution in [-0.2, 0) is 6.54 Å². The summed E-state index contributed by atoms with van der Waals surface area (Å²) in [5.74, 6) is 1.36. The van der Waals surface area contributed by atoms with Crippen molar-refractivity contribution in [2.75, 3.05) is 0 Å². The molecule has 130 valence electrons. The zero-order valence-corrected chi connectivity index (χ0v) is 14.9. The lowest BCUT2D eigenvalue weighted by atomic mass is 9.86. The lowest BCUT2D eigenvalue weighted by molar-refractivity contribution is 0.215. The van der Waals surface area contributed by atoms with E-state index < -0.39 is 0 Å². The zero-order valence-electron chi connectivity index (χ0n) is 14.0. The molecule has 0 radical (unpaired) electrons. The number of hydrogen-bond acceptors (Lipinski definition) is 3. The standard InChI is InChI=1S/C18H26N4OS/c23-17(19-11-15-12-22-9-10-24-18(22)20-15)21-16(13-5-1-2-6-13)14-7-3-4-8-14/h9-10,12-14,16H,1-8,11H2,(H2,19,21,23). The van der Waals surface area contributed by atoms with Crippen molar-refractivity contribution in [1.29, 1.82) is 0 Å². The first-order valence-corrected chi connectivity index (χ1v) is 10.1. The fourth-order valence-electron chi connectivity index (χ4n) is 4.49. The van der Waals surface area contributed by atoms with Crippen LogP contribution in [0.15, 0.2) is 17.8 Å². The Labute approximate surface area is 146 Å². The van der Waals surface area contributed by atoms with Gasteiger partial charge in [-0.1, -0.05) is 25.7 Å². The van der Waals surface area contributed by atoms with E-state index in [2.05, 4.69) is 15.6 Å². The van der Waals surface area contributed by atoms with E-state index in [0.29, 0.717) is 24.4 Å². The topological polar surface area (TPSA) is 58.4 Å². The van der Waals surface area contributed by atoms with Crippen molar-refractivity contribution in [3.05, 3.63) is 23.5 Å². The molecule has 2 fully saturated rings. The summed E-state index contributed by atoms with van der Waals surface area (Å²) in [6, 6.07) is 0.329. The molecule has 4 rings (SSSR count). The highest BCUT2D eigenvalue weighted by atomic mass is 32.1. The molecule has 0 saturated heterocycles. The highest BCUT2D eigenvalue weighted by molar-refractivity contribution is 7.15. The van der Waals surface area contributed by atoms with Gasteiger partial charge in [-0.05, 0) is 37.5 Å². The van der Waals surface area contributed by atoms with E-state index in [1.807, 2.05) is 22.2 Å². The number of hydrogen-bond donors (Lipinski definition) is 2. The van der Waals surface area contributed by atoms with Gasteiger partial charge in [0.2, 0.25) is 0 Å². The van der Waals surface area contributed by atoms with E-state index in [4.69, 9.17) is 0 Å². The minimum atomic E-state index is -0.0323. The minimum Gasteiger partial charge on any atom is -0.335 e. The molecule has 0 atom stereocenters. The Kier molecular flexibility index (Phi) is 4.74. The third-order valence-electron chi connectivity index (χ3n) is 5.69. The molecule has 2 aliphatic carbocycles. The molecule has 2 saturated carbocycles. The maximum Gasteiger partial charge on any atom is 0.315 e. The Morgan fingerprint density at radius 3 is 2.50 bits per heavy atom. The van der Waals surface area contributed by atoms with E-state index in [1.54, 1.807) is 11.3 Å². The molecule has 6 heteroatoms. The Bertz CT molecular complexity index is 638. The van der Waals surface area contributed by atoms with Gasteiger partial charge in [-0.25, -0.2) is 9.78 Å². The molecule has 2 aliphatic rings. The van der Waals surface area contributed by atoms with E-state index >= 15 is 0 Å². The van der Waals surface area contributed by atoms with Crippen LogP contribution in [-0.4, -0.2) is 21.5 Å². The minimum absolute atomic E-state index is 0.0323. The van der Waals surface area contributed by atoms with Gasteiger partial charge in [0.25, 0.3) is 0 Å². The second kappa shape index (κ2) is 7.13. The summed E-state index contributed by atoms with van der Waals surface area (Å²) in [5.41, 5.74) is 0.912. The van der Waals surface area contributed by atoms with Gasteiger partial charge in [-0.2, -0.15) is 0 Å². The number of carbonyl (C=O) groups excluding carboxylic acids is 1. The number of urea groups is 1. The third kappa shape index (κ3) is 3.43. The maximum absolute atomic E-state index is 12.4. The van der Waals surface area contributed by atoms with E-state index in [0.717, 1.165) is 10.7 Å². The number of rotatable bonds is 5. The molecule has 2 amide bonds. The first-order chi connectivity index (χ1) is 11.8. The smallest absolute Gasteiger partial charge is 0.315 e. The number of aromatic nitrogens is 2. The van der Waals surface area contributed by atoms with Crippen molar-refractivity contribution in [2.24, 2.45) is 11.8 Å². The van der Waals surface area contributed by atoms with Gasteiger partial charge in [-0.15, -0.1) is 11.3 Å². The predicted molar refractivity (Wildman–Crippen MR) is 96.1 cm³/mol. The van der Waals surface area contributed by atoms with Crippen LogP contribution in [0.25, 0.3) is 4.96 Å². The van der Waals surface area contributed by atoms with Crippen LogP contribution in [0.5, 0.6) is 0 Å². The van der Waals surface area contributed by atoms with Crippen LogP contribution >= 0.6 is 11.3 Å². The van der Waals surface area contributed by atoms with Crippen molar-refractivity contribution in [3.8, 4) is 0 Å². The molecular formula is C18H26N4OS. The Morgan fingerprint density at radius 2 is 1.88 bits per heavy atom. The van der Waals surface area contributed by atoms with E-state index in [1.165, 1.54) is 51.4 Å². The maximum atomic E-state index is 12.4. The molecule has 2 aromatic heterocycles. The first kappa shape index (κ1) is 15.9. The van der Waals surface area contributed by atoms with Crippen LogP contribution in [0.1, 0.15) is 57.1 Å². The summed E-state index contributed by atoms with van der Waals surface area (Å²) in [6.45, 7) is 0.488. The van der Waals surface area contributed by atoms with Crippen molar-refractivity contribution in [1.82, 2.24) is 20.0 Å². The monoisotopic (exact) mass is 346 g/mol. The molecule has 0 unspecified atom stereocenters. The van der Waals surface area contributed by atoms with Crippen LogP contribution in [0.3, 0.4) is 0 Å². The third-order valence-corrected chi connectivity index (χ3v) is 6.46. The summed E-state index contributed by atoms with van der Waals surface area (Å²) < 4.78 is 2.00.